The second-order valence-electron chi connectivity index (χ2n) is 7.71. The summed E-state index contributed by atoms with van der Waals surface area (Å²) in [6.07, 6.45) is 6.36. The van der Waals surface area contributed by atoms with Gasteiger partial charge in [0, 0.05) is 25.2 Å². The fourth-order valence-corrected chi connectivity index (χ4v) is 3.95. The zero-order valence-corrected chi connectivity index (χ0v) is 15.0. The molecule has 1 rings (SSSR count). The molecule has 3 heteroatoms. The first-order valence-electron chi connectivity index (χ1n) is 9.00. The highest BCUT2D eigenvalue weighted by Crippen LogP contribution is 2.33. The van der Waals surface area contributed by atoms with E-state index in [1.165, 1.54) is 32.2 Å². The summed E-state index contributed by atoms with van der Waals surface area (Å²) in [4.78, 5) is 2.66. The Labute approximate surface area is 132 Å². The Kier molecular flexibility index (Phi) is 8.22. The van der Waals surface area contributed by atoms with E-state index in [1.54, 1.807) is 0 Å². The van der Waals surface area contributed by atoms with Crippen LogP contribution in [-0.4, -0.2) is 42.8 Å². The Balaban J connectivity index is 2.80. The predicted octanol–water partition coefficient (Wildman–Crippen LogP) is 3.67. The van der Waals surface area contributed by atoms with Crippen molar-refractivity contribution in [1.82, 2.24) is 4.90 Å². The molecule has 0 aromatic rings. The molecule has 1 saturated heterocycles. The van der Waals surface area contributed by atoms with Gasteiger partial charge in [0.1, 0.15) is 0 Å². The SMILES string of the molecule is CCCOC1CCCN(C(CN)(CC(C)C)CC(C)C)C1. The molecule has 0 bridgehead atoms. The van der Waals surface area contributed by atoms with Crippen LogP contribution in [0.1, 0.15) is 66.7 Å². The van der Waals surface area contributed by atoms with Crippen molar-refractivity contribution in [2.24, 2.45) is 17.6 Å². The van der Waals surface area contributed by atoms with Gasteiger partial charge in [-0.2, -0.15) is 0 Å². The van der Waals surface area contributed by atoms with Crippen LogP contribution in [0.15, 0.2) is 0 Å². The van der Waals surface area contributed by atoms with Gasteiger partial charge in [-0.3, -0.25) is 4.90 Å². The number of hydrogen-bond donors (Lipinski definition) is 1. The monoisotopic (exact) mass is 298 g/mol. The molecule has 0 radical (unpaired) electrons. The maximum atomic E-state index is 6.30. The molecule has 1 atom stereocenters. The summed E-state index contributed by atoms with van der Waals surface area (Å²) in [5.74, 6) is 1.37. The van der Waals surface area contributed by atoms with E-state index in [9.17, 15) is 0 Å². The molecular weight excluding hydrogens is 260 g/mol. The lowest BCUT2D eigenvalue weighted by molar-refractivity contribution is -0.0476. The van der Waals surface area contributed by atoms with Crippen LogP contribution in [0.2, 0.25) is 0 Å². The van der Waals surface area contributed by atoms with Gasteiger partial charge in [-0.1, -0.05) is 34.6 Å². The number of ether oxygens (including phenoxy) is 1. The molecule has 1 fully saturated rings. The van der Waals surface area contributed by atoms with Crippen LogP contribution in [0.3, 0.4) is 0 Å². The summed E-state index contributed by atoms with van der Waals surface area (Å²) in [6.45, 7) is 15.4. The topological polar surface area (TPSA) is 38.5 Å². The standard InChI is InChI=1S/C18H38N2O/c1-6-10-21-17-8-7-9-20(13-17)18(14-19,11-15(2)3)12-16(4)5/h15-17H,6-14,19H2,1-5H3. The molecule has 1 unspecified atom stereocenters. The maximum absolute atomic E-state index is 6.30. The van der Waals surface area contributed by atoms with Crippen LogP contribution in [0.4, 0.5) is 0 Å². The van der Waals surface area contributed by atoms with Gasteiger partial charge in [-0.15, -0.1) is 0 Å². The van der Waals surface area contributed by atoms with E-state index in [-0.39, 0.29) is 5.54 Å². The molecule has 0 aromatic heterocycles. The van der Waals surface area contributed by atoms with Crippen molar-refractivity contribution in [1.29, 1.82) is 0 Å². The van der Waals surface area contributed by atoms with Gasteiger partial charge >= 0.3 is 0 Å². The largest absolute Gasteiger partial charge is 0.377 e. The second kappa shape index (κ2) is 9.12. The van der Waals surface area contributed by atoms with Crippen molar-refractivity contribution in [3.05, 3.63) is 0 Å². The summed E-state index contributed by atoms with van der Waals surface area (Å²) in [5, 5.41) is 0. The summed E-state index contributed by atoms with van der Waals surface area (Å²) < 4.78 is 6.03. The minimum Gasteiger partial charge on any atom is -0.377 e. The number of likely N-dealkylation sites (tertiary alicyclic amines) is 1. The average molecular weight is 299 g/mol. The molecular formula is C18H38N2O. The van der Waals surface area contributed by atoms with Crippen molar-refractivity contribution in [3.63, 3.8) is 0 Å². The third-order valence-electron chi connectivity index (χ3n) is 4.56. The fourth-order valence-electron chi connectivity index (χ4n) is 3.95. The Morgan fingerprint density at radius 2 is 1.81 bits per heavy atom. The Morgan fingerprint density at radius 3 is 2.29 bits per heavy atom. The molecule has 0 aliphatic carbocycles. The number of hydrogen-bond acceptors (Lipinski definition) is 3. The molecule has 1 aliphatic heterocycles. The van der Waals surface area contributed by atoms with Gasteiger partial charge < -0.3 is 10.5 Å². The number of rotatable bonds is 9. The van der Waals surface area contributed by atoms with E-state index in [0.717, 1.165) is 26.1 Å². The van der Waals surface area contributed by atoms with Crippen LogP contribution < -0.4 is 5.73 Å². The molecule has 1 aliphatic rings. The Morgan fingerprint density at radius 1 is 1.19 bits per heavy atom. The lowest BCUT2D eigenvalue weighted by Crippen LogP contribution is -2.59. The van der Waals surface area contributed by atoms with E-state index in [1.807, 2.05) is 0 Å². The van der Waals surface area contributed by atoms with Crippen LogP contribution >= 0.6 is 0 Å². The summed E-state index contributed by atoms with van der Waals surface area (Å²) >= 11 is 0. The number of nitrogens with zero attached hydrogens (tertiary/aromatic N) is 1. The summed E-state index contributed by atoms with van der Waals surface area (Å²) in [6, 6.07) is 0. The van der Waals surface area contributed by atoms with Gasteiger partial charge in [0.05, 0.1) is 6.10 Å². The fraction of sp³-hybridized carbons (Fsp3) is 1.00. The van der Waals surface area contributed by atoms with Gasteiger partial charge in [0.25, 0.3) is 0 Å². The van der Waals surface area contributed by atoms with Crippen LogP contribution in [0.25, 0.3) is 0 Å². The predicted molar refractivity (Wildman–Crippen MR) is 91.5 cm³/mol. The normalized spacial score (nSPS) is 21.4. The highest BCUT2D eigenvalue weighted by molar-refractivity contribution is 4.96. The molecule has 0 saturated carbocycles. The molecule has 1 heterocycles. The molecule has 0 aromatic carbocycles. The van der Waals surface area contributed by atoms with Gasteiger partial charge in [0.2, 0.25) is 0 Å². The molecule has 126 valence electrons. The highest BCUT2D eigenvalue weighted by atomic mass is 16.5. The van der Waals surface area contributed by atoms with E-state index < -0.39 is 0 Å². The summed E-state index contributed by atoms with van der Waals surface area (Å²) in [5.41, 5.74) is 6.46. The van der Waals surface area contributed by atoms with Gasteiger partial charge in [-0.25, -0.2) is 0 Å². The second-order valence-corrected chi connectivity index (χ2v) is 7.71. The van der Waals surface area contributed by atoms with E-state index >= 15 is 0 Å². The van der Waals surface area contributed by atoms with Gasteiger partial charge in [-0.05, 0) is 50.5 Å². The highest BCUT2D eigenvalue weighted by Gasteiger charge is 2.39. The molecule has 0 spiro atoms. The zero-order chi connectivity index (χ0) is 15.9. The average Bonchev–Trinajstić information content (AvgIpc) is 2.43. The lowest BCUT2D eigenvalue weighted by atomic mass is 9.79. The van der Waals surface area contributed by atoms with E-state index in [2.05, 4.69) is 39.5 Å². The number of nitrogens with two attached hydrogens (primary N) is 1. The van der Waals surface area contributed by atoms with Crippen molar-refractivity contribution in [3.8, 4) is 0 Å². The van der Waals surface area contributed by atoms with Crippen LogP contribution in [-0.2, 0) is 4.74 Å². The Bertz CT molecular complexity index is 268. The zero-order valence-electron chi connectivity index (χ0n) is 15.0. The van der Waals surface area contributed by atoms with Crippen molar-refractivity contribution < 1.29 is 4.74 Å². The first-order chi connectivity index (χ1) is 9.93. The minimum atomic E-state index is 0.163. The molecule has 3 nitrogen and oxygen atoms in total. The van der Waals surface area contributed by atoms with Crippen LogP contribution in [0.5, 0.6) is 0 Å². The third-order valence-corrected chi connectivity index (χ3v) is 4.56. The molecule has 0 amide bonds. The quantitative estimate of drug-likeness (QED) is 0.706. The number of piperidine rings is 1. The maximum Gasteiger partial charge on any atom is 0.0702 e. The van der Waals surface area contributed by atoms with Crippen molar-refractivity contribution in [2.75, 3.05) is 26.2 Å². The smallest absolute Gasteiger partial charge is 0.0702 e. The minimum absolute atomic E-state index is 0.163. The summed E-state index contributed by atoms with van der Waals surface area (Å²) in [7, 11) is 0. The lowest BCUT2D eigenvalue weighted by Gasteiger charge is -2.49. The van der Waals surface area contributed by atoms with Crippen LogP contribution in [0, 0.1) is 11.8 Å². The van der Waals surface area contributed by atoms with Gasteiger partial charge in [0.15, 0.2) is 0 Å². The third kappa shape index (κ3) is 5.88. The van der Waals surface area contributed by atoms with Crippen molar-refractivity contribution >= 4 is 0 Å². The van der Waals surface area contributed by atoms with E-state index in [0.29, 0.717) is 17.9 Å². The first kappa shape index (κ1) is 18.9. The van der Waals surface area contributed by atoms with E-state index in [4.69, 9.17) is 10.5 Å². The molecule has 2 N–H and O–H groups in total. The van der Waals surface area contributed by atoms with Crippen molar-refractivity contribution in [2.45, 2.75) is 78.4 Å². The first-order valence-corrected chi connectivity index (χ1v) is 9.00. The molecule has 21 heavy (non-hydrogen) atoms. The Hall–Kier alpha value is -0.120.